The van der Waals surface area contributed by atoms with Crippen LogP contribution < -0.4 is 4.74 Å². The van der Waals surface area contributed by atoms with Gasteiger partial charge in [-0.25, -0.2) is 0 Å². The molecule has 0 aromatic carbocycles. The molecule has 0 radical (unpaired) electrons. The Morgan fingerprint density at radius 3 is 2.55 bits per heavy atom. The van der Waals surface area contributed by atoms with Crippen LogP contribution in [-0.4, -0.2) is 69.3 Å². The molecular weight excluding hydrogens is 393 g/mol. The van der Waals surface area contributed by atoms with Crippen molar-refractivity contribution in [2.45, 2.75) is 13.0 Å². The molecule has 0 unspecified atom stereocenters. The molecule has 1 aliphatic heterocycles. The molecule has 1 aromatic rings. The zero-order chi connectivity index (χ0) is 15.8. The molecule has 0 N–H and O–H groups in total. The number of rotatable bonds is 8. The molecule has 22 heavy (non-hydrogen) atoms. The normalized spacial score (nSPS) is 17.5. The quantitative estimate of drug-likeness (QED) is 0.279. The van der Waals surface area contributed by atoms with Crippen molar-refractivity contribution in [1.29, 1.82) is 0 Å². The van der Waals surface area contributed by atoms with E-state index in [4.69, 9.17) is 9.47 Å². The van der Waals surface area contributed by atoms with Crippen molar-refractivity contribution in [1.82, 2.24) is 13.0 Å². The van der Waals surface area contributed by atoms with Crippen molar-refractivity contribution in [2.24, 2.45) is 0 Å². The van der Waals surface area contributed by atoms with Crippen molar-refractivity contribution in [3.8, 4) is 5.88 Å². The minimum atomic E-state index is -0.760. The van der Waals surface area contributed by atoms with E-state index in [9.17, 15) is 0 Å². The summed E-state index contributed by atoms with van der Waals surface area (Å²) in [5.74, 6) is 0.705. The third kappa shape index (κ3) is 5.98. The van der Waals surface area contributed by atoms with Crippen LogP contribution in [0.2, 0.25) is 0 Å². The number of hydrogen-bond donors (Lipinski definition) is 0. The summed E-state index contributed by atoms with van der Waals surface area (Å²) >= 11 is -0.760. The monoisotopic (exact) mass is 421 g/mol. The fourth-order valence-corrected chi connectivity index (χ4v) is 4.86. The van der Waals surface area contributed by atoms with E-state index in [1.807, 2.05) is 18.3 Å². The van der Waals surface area contributed by atoms with Gasteiger partial charge in [0, 0.05) is 7.11 Å². The summed E-state index contributed by atoms with van der Waals surface area (Å²) < 4.78 is 13.5. The third-order valence-corrected chi connectivity index (χ3v) is 7.47. The van der Waals surface area contributed by atoms with E-state index >= 15 is 0 Å². The zero-order valence-electron chi connectivity index (χ0n) is 13.9. The number of ether oxygens (including phenoxy) is 2. The fourth-order valence-electron chi connectivity index (χ4n) is 2.50. The van der Waals surface area contributed by atoms with Crippen LogP contribution in [0.4, 0.5) is 0 Å². The molecule has 2 rings (SSSR count). The SMILES string of the molecule is COCc1ccc(OCCCN2CCN(I(C)C)CC2)nc1. The van der Waals surface area contributed by atoms with Crippen LogP contribution in [0.15, 0.2) is 18.3 Å². The van der Waals surface area contributed by atoms with Gasteiger partial charge in [-0.15, -0.1) is 0 Å². The molecule has 1 saturated heterocycles. The van der Waals surface area contributed by atoms with E-state index in [2.05, 4.69) is 22.9 Å². The topological polar surface area (TPSA) is 37.8 Å². The fraction of sp³-hybridized carbons (Fsp3) is 0.688. The maximum atomic E-state index is 5.71. The second kappa shape index (κ2) is 9.64. The Morgan fingerprint density at radius 2 is 1.95 bits per heavy atom. The van der Waals surface area contributed by atoms with Crippen LogP contribution in [0.3, 0.4) is 0 Å². The van der Waals surface area contributed by atoms with Crippen molar-refractivity contribution in [2.75, 3.05) is 56.3 Å². The molecule has 0 atom stereocenters. The molecule has 0 aliphatic carbocycles. The first-order valence-corrected chi connectivity index (χ1v) is 13.0. The van der Waals surface area contributed by atoms with Crippen LogP contribution in [0.1, 0.15) is 12.0 Å². The number of alkyl halides is 2. The number of aromatic nitrogens is 1. The predicted molar refractivity (Wildman–Crippen MR) is 98.9 cm³/mol. The predicted octanol–water partition coefficient (Wildman–Crippen LogP) is 2.30. The van der Waals surface area contributed by atoms with Gasteiger partial charge in [0.05, 0.1) is 6.61 Å². The van der Waals surface area contributed by atoms with E-state index in [0.717, 1.165) is 25.1 Å². The average Bonchev–Trinajstić information content (AvgIpc) is 2.54. The van der Waals surface area contributed by atoms with E-state index in [-0.39, 0.29) is 0 Å². The van der Waals surface area contributed by atoms with Gasteiger partial charge in [0.1, 0.15) is 0 Å². The van der Waals surface area contributed by atoms with Crippen molar-refractivity contribution in [3.05, 3.63) is 23.9 Å². The first-order chi connectivity index (χ1) is 10.7. The molecule has 0 amide bonds. The molecule has 0 spiro atoms. The first kappa shape index (κ1) is 17.9. The average molecular weight is 421 g/mol. The van der Waals surface area contributed by atoms with Crippen LogP contribution in [0.25, 0.3) is 0 Å². The Hall–Kier alpha value is -0.440. The Kier molecular flexibility index (Phi) is 7.85. The molecule has 1 aliphatic rings. The third-order valence-electron chi connectivity index (χ3n) is 3.77. The van der Waals surface area contributed by atoms with Gasteiger partial charge in [0.25, 0.3) is 0 Å². The number of halogens is 1. The molecule has 1 aromatic heterocycles. The van der Waals surface area contributed by atoms with E-state index in [0.29, 0.717) is 12.5 Å². The Bertz CT molecular complexity index is 420. The van der Waals surface area contributed by atoms with Crippen molar-refractivity contribution in [3.63, 3.8) is 0 Å². The minimum absolute atomic E-state index is 0.596. The van der Waals surface area contributed by atoms with Crippen LogP contribution in [0.5, 0.6) is 5.88 Å². The summed E-state index contributed by atoms with van der Waals surface area (Å²) in [5.41, 5.74) is 1.07. The summed E-state index contributed by atoms with van der Waals surface area (Å²) in [6.45, 7) is 7.37. The van der Waals surface area contributed by atoms with Crippen molar-refractivity contribution < 1.29 is 9.47 Å². The van der Waals surface area contributed by atoms with Crippen molar-refractivity contribution >= 4 is 20.1 Å². The Labute approximate surface area is 141 Å². The molecule has 6 heteroatoms. The molecular formula is C16H28IN3O2. The summed E-state index contributed by atoms with van der Waals surface area (Å²) in [4.78, 5) is 11.7. The van der Waals surface area contributed by atoms with Crippen LogP contribution in [0, 0.1) is 0 Å². The van der Waals surface area contributed by atoms with Gasteiger partial charge < -0.3 is 4.74 Å². The van der Waals surface area contributed by atoms with E-state index in [1.54, 1.807) is 7.11 Å². The maximum absolute atomic E-state index is 5.71. The first-order valence-electron chi connectivity index (χ1n) is 7.73. The van der Waals surface area contributed by atoms with Gasteiger partial charge in [-0.05, 0) is 0 Å². The number of pyridine rings is 1. The van der Waals surface area contributed by atoms with Gasteiger partial charge in [-0.1, -0.05) is 0 Å². The summed E-state index contributed by atoms with van der Waals surface area (Å²) in [6.07, 6.45) is 2.87. The van der Waals surface area contributed by atoms with Gasteiger partial charge in [0.15, 0.2) is 0 Å². The van der Waals surface area contributed by atoms with E-state index in [1.165, 1.54) is 26.2 Å². The summed E-state index contributed by atoms with van der Waals surface area (Å²) in [5, 5.41) is 0. The number of nitrogens with zero attached hydrogens (tertiary/aromatic N) is 3. The standard InChI is InChI=1S/C16H28IN3O2/c1-17(2)20-10-8-19(9-11-20)7-4-12-22-16-6-5-15(13-18-16)14-21-3/h5-6,13H,4,7-12,14H2,1-3H3. The van der Waals surface area contributed by atoms with Gasteiger partial charge >= 0.3 is 123 Å². The van der Waals surface area contributed by atoms with Gasteiger partial charge in [-0.3, -0.25) is 0 Å². The molecule has 2 heterocycles. The molecule has 1 fully saturated rings. The Balaban J connectivity index is 1.59. The molecule has 5 nitrogen and oxygen atoms in total. The summed E-state index contributed by atoms with van der Waals surface area (Å²) in [6, 6.07) is 3.92. The summed E-state index contributed by atoms with van der Waals surface area (Å²) in [7, 11) is 1.69. The van der Waals surface area contributed by atoms with Crippen LogP contribution in [-0.2, 0) is 11.3 Å². The van der Waals surface area contributed by atoms with Crippen LogP contribution >= 0.6 is 20.1 Å². The number of piperazine rings is 1. The molecule has 126 valence electrons. The molecule has 0 saturated carbocycles. The second-order valence-corrected chi connectivity index (χ2v) is 11.1. The Morgan fingerprint density at radius 1 is 1.18 bits per heavy atom. The van der Waals surface area contributed by atoms with Gasteiger partial charge in [-0.2, -0.15) is 0 Å². The van der Waals surface area contributed by atoms with E-state index < -0.39 is 20.1 Å². The number of methoxy groups -OCH3 is 1. The zero-order valence-corrected chi connectivity index (χ0v) is 16.1. The van der Waals surface area contributed by atoms with Gasteiger partial charge in [0.2, 0.25) is 0 Å². The number of hydrogen-bond acceptors (Lipinski definition) is 5. The second-order valence-electron chi connectivity index (χ2n) is 5.61. The molecule has 0 bridgehead atoms.